The molecule has 1 aromatic rings. The Morgan fingerprint density at radius 2 is 1.86 bits per heavy atom. The molecule has 2 saturated heterocycles. The zero-order valence-corrected chi connectivity index (χ0v) is 19.6. The van der Waals surface area contributed by atoms with Crippen LogP contribution in [-0.4, -0.2) is 83.1 Å². The molecule has 29 heavy (non-hydrogen) atoms. The molecule has 0 radical (unpaired) electrons. The van der Waals surface area contributed by atoms with Crippen molar-refractivity contribution in [3.05, 3.63) is 29.8 Å². The van der Waals surface area contributed by atoms with E-state index in [0.717, 1.165) is 13.0 Å². The van der Waals surface area contributed by atoms with Gasteiger partial charge in [-0.05, 0) is 18.6 Å². The monoisotopic (exact) mass is 543 g/mol. The number of rotatable bonds is 5. The highest BCUT2D eigenvalue weighted by Gasteiger charge is 2.27. The minimum atomic E-state index is -2.87. The third kappa shape index (κ3) is 6.64. The van der Waals surface area contributed by atoms with Gasteiger partial charge in [-0.1, -0.05) is 6.07 Å². The van der Waals surface area contributed by atoms with E-state index in [0.29, 0.717) is 38.7 Å². The summed E-state index contributed by atoms with van der Waals surface area (Å²) in [6.07, 6.45) is 0.748. The van der Waals surface area contributed by atoms with E-state index in [1.54, 1.807) is 11.9 Å². The van der Waals surface area contributed by atoms with Crippen LogP contribution in [0.15, 0.2) is 23.2 Å². The molecule has 7 nitrogen and oxygen atoms in total. The van der Waals surface area contributed by atoms with Crippen molar-refractivity contribution in [2.75, 3.05) is 62.7 Å². The number of sulfone groups is 1. The van der Waals surface area contributed by atoms with Gasteiger partial charge in [0.1, 0.15) is 17.3 Å². The second kappa shape index (κ2) is 10.7. The van der Waals surface area contributed by atoms with Gasteiger partial charge in [0.05, 0.1) is 11.5 Å². The standard InChI is InChI=1S/C18H27F2N5O2S.HI/c1-21-18(22-6-8-24-9-11-28(26,27)12-10-24)23-14-5-7-25(13-14)17-15(19)3-2-4-16(17)20;/h2-4,14H,5-13H2,1H3,(H2,21,22,23);1H. The predicted molar refractivity (Wildman–Crippen MR) is 122 cm³/mol. The maximum atomic E-state index is 14.0. The molecule has 0 spiro atoms. The number of aliphatic imine (C=N–C) groups is 1. The summed E-state index contributed by atoms with van der Waals surface area (Å²) in [4.78, 5) is 8.03. The number of hydrogen-bond donors (Lipinski definition) is 2. The molecule has 1 aromatic carbocycles. The van der Waals surface area contributed by atoms with Crippen LogP contribution in [-0.2, 0) is 9.84 Å². The van der Waals surface area contributed by atoms with Gasteiger partial charge in [0, 0.05) is 52.4 Å². The Bertz CT molecular complexity index is 790. The third-order valence-corrected chi connectivity index (χ3v) is 6.77. The fourth-order valence-electron chi connectivity index (χ4n) is 3.57. The number of halogens is 3. The van der Waals surface area contributed by atoms with Gasteiger partial charge in [-0.2, -0.15) is 0 Å². The minimum absolute atomic E-state index is 0. The number of hydrogen-bond acceptors (Lipinski definition) is 5. The van der Waals surface area contributed by atoms with E-state index in [1.807, 2.05) is 0 Å². The van der Waals surface area contributed by atoms with E-state index in [-0.39, 0.29) is 47.2 Å². The molecule has 164 valence electrons. The van der Waals surface area contributed by atoms with E-state index < -0.39 is 21.5 Å². The van der Waals surface area contributed by atoms with Crippen molar-refractivity contribution in [1.29, 1.82) is 0 Å². The van der Waals surface area contributed by atoms with Crippen LogP contribution < -0.4 is 15.5 Å². The van der Waals surface area contributed by atoms with Crippen LogP contribution in [0.25, 0.3) is 0 Å². The van der Waals surface area contributed by atoms with Crippen molar-refractivity contribution in [3.8, 4) is 0 Å². The first-order chi connectivity index (χ1) is 13.4. The molecule has 0 bridgehead atoms. The molecular formula is C18H28F2IN5O2S. The smallest absolute Gasteiger partial charge is 0.191 e. The van der Waals surface area contributed by atoms with Crippen LogP contribution in [0.2, 0.25) is 0 Å². The molecule has 2 aliphatic heterocycles. The van der Waals surface area contributed by atoms with Crippen LogP contribution in [0.3, 0.4) is 0 Å². The Morgan fingerprint density at radius 1 is 1.21 bits per heavy atom. The fourth-order valence-corrected chi connectivity index (χ4v) is 4.84. The molecule has 2 aliphatic rings. The van der Waals surface area contributed by atoms with Gasteiger partial charge in [-0.15, -0.1) is 24.0 Å². The number of nitrogens with zero attached hydrogens (tertiary/aromatic N) is 3. The Hall–Kier alpha value is -1.21. The molecule has 2 heterocycles. The Morgan fingerprint density at radius 3 is 2.48 bits per heavy atom. The maximum Gasteiger partial charge on any atom is 0.191 e. The van der Waals surface area contributed by atoms with Gasteiger partial charge in [0.25, 0.3) is 0 Å². The molecule has 3 rings (SSSR count). The zero-order valence-electron chi connectivity index (χ0n) is 16.4. The minimum Gasteiger partial charge on any atom is -0.365 e. The van der Waals surface area contributed by atoms with E-state index in [9.17, 15) is 17.2 Å². The molecule has 11 heteroatoms. The summed E-state index contributed by atoms with van der Waals surface area (Å²) in [5.41, 5.74) is 0.0230. The Kier molecular flexibility index (Phi) is 8.89. The molecule has 0 aliphatic carbocycles. The topological polar surface area (TPSA) is 77.0 Å². The molecule has 2 fully saturated rings. The van der Waals surface area contributed by atoms with Gasteiger partial charge in [-0.25, -0.2) is 17.2 Å². The number of benzene rings is 1. The second-order valence-corrected chi connectivity index (χ2v) is 9.44. The molecule has 2 N–H and O–H groups in total. The van der Waals surface area contributed by atoms with Gasteiger partial charge in [-0.3, -0.25) is 9.89 Å². The molecule has 1 unspecified atom stereocenters. The average Bonchev–Trinajstić information content (AvgIpc) is 3.10. The Balaban J connectivity index is 0.00000300. The highest BCUT2D eigenvalue weighted by atomic mass is 127. The van der Waals surface area contributed by atoms with Crippen molar-refractivity contribution in [1.82, 2.24) is 15.5 Å². The molecule has 1 atom stereocenters. The molecule has 0 amide bonds. The average molecular weight is 543 g/mol. The fraction of sp³-hybridized carbons (Fsp3) is 0.611. The number of nitrogens with one attached hydrogen (secondary N) is 2. The maximum absolute atomic E-state index is 14.0. The summed E-state index contributed by atoms with van der Waals surface area (Å²) in [5.74, 6) is -0.0430. The highest BCUT2D eigenvalue weighted by Crippen LogP contribution is 2.26. The normalized spacial score (nSPS) is 22.2. The first kappa shape index (κ1) is 24.1. The first-order valence-electron chi connectivity index (χ1n) is 9.47. The van der Waals surface area contributed by atoms with E-state index >= 15 is 0 Å². The lowest BCUT2D eigenvalue weighted by Gasteiger charge is -2.27. The quantitative estimate of drug-likeness (QED) is 0.329. The summed E-state index contributed by atoms with van der Waals surface area (Å²) in [5, 5.41) is 6.52. The van der Waals surface area contributed by atoms with Crippen molar-refractivity contribution in [2.24, 2.45) is 4.99 Å². The van der Waals surface area contributed by atoms with E-state index in [4.69, 9.17) is 0 Å². The number of para-hydroxylation sites is 1. The van der Waals surface area contributed by atoms with Crippen molar-refractivity contribution >= 4 is 45.5 Å². The number of guanidine groups is 1. The summed E-state index contributed by atoms with van der Waals surface area (Å²) >= 11 is 0. The zero-order chi connectivity index (χ0) is 20.1. The predicted octanol–water partition coefficient (Wildman–Crippen LogP) is 1.06. The summed E-state index contributed by atoms with van der Waals surface area (Å²) in [6.45, 7) is 3.53. The van der Waals surface area contributed by atoms with Crippen LogP contribution in [0.4, 0.5) is 14.5 Å². The van der Waals surface area contributed by atoms with Crippen molar-refractivity contribution in [3.63, 3.8) is 0 Å². The SMILES string of the molecule is CN=C(NCCN1CCS(=O)(=O)CC1)NC1CCN(c2c(F)cccc2F)C1.I. The van der Waals surface area contributed by atoms with Crippen LogP contribution >= 0.6 is 24.0 Å². The summed E-state index contributed by atoms with van der Waals surface area (Å²) < 4.78 is 50.9. The van der Waals surface area contributed by atoms with Crippen LogP contribution in [0, 0.1) is 11.6 Å². The number of anilines is 1. The largest absolute Gasteiger partial charge is 0.365 e. The van der Waals surface area contributed by atoms with E-state index in [2.05, 4.69) is 20.5 Å². The van der Waals surface area contributed by atoms with Gasteiger partial charge >= 0.3 is 0 Å². The molecule has 0 saturated carbocycles. The third-order valence-electron chi connectivity index (χ3n) is 5.16. The molecule has 0 aromatic heterocycles. The van der Waals surface area contributed by atoms with Crippen LogP contribution in [0.1, 0.15) is 6.42 Å². The first-order valence-corrected chi connectivity index (χ1v) is 11.3. The van der Waals surface area contributed by atoms with Gasteiger partial charge in [0.2, 0.25) is 0 Å². The second-order valence-electron chi connectivity index (χ2n) is 7.14. The van der Waals surface area contributed by atoms with Crippen LogP contribution in [0.5, 0.6) is 0 Å². The lowest BCUT2D eigenvalue weighted by molar-refractivity contribution is 0.299. The summed E-state index contributed by atoms with van der Waals surface area (Å²) in [6, 6.07) is 3.94. The van der Waals surface area contributed by atoms with Crippen molar-refractivity contribution in [2.45, 2.75) is 12.5 Å². The Labute approximate surface area is 187 Å². The lowest BCUT2D eigenvalue weighted by Crippen LogP contribution is -2.48. The van der Waals surface area contributed by atoms with E-state index in [1.165, 1.54) is 18.2 Å². The summed E-state index contributed by atoms with van der Waals surface area (Å²) in [7, 11) is -1.20. The lowest BCUT2D eigenvalue weighted by atomic mass is 10.2. The van der Waals surface area contributed by atoms with Gasteiger partial charge < -0.3 is 15.5 Å². The van der Waals surface area contributed by atoms with Gasteiger partial charge in [0.15, 0.2) is 15.8 Å². The van der Waals surface area contributed by atoms with Crippen molar-refractivity contribution < 1.29 is 17.2 Å². The molecular weight excluding hydrogens is 515 g/mol. The highest BCUT2D eigenvalue weighted by molar-refractivity contribution is 14.0.